The minimum Gasteiger partial charge on any atom is -0.143 e. The Morgan fingerprint density at radius 3 is 1.67 bits per heavy atom. The number of rotatable bonds is 5. The molecule has 0 aliphatic rings. The van der Waals surface area contributed by atoms with E-state index in [-0.39, 0.29) is 0 Å². The van der Waals surface area contributed by atoms with Crippen LogP contribution in [-0.2, 0) is 0 Å². The van der Waals surface area contributed by atoms with Crippen LogP contribution in [0.15, 0.2) is 59.3 Å². The molecule has 0 bridgehead atoms. The second-order valence-corrected chi connectivity index (χ2v) is 13.0. The number of hydrogen-bond acceptors (Lipinski definition) is 6. The standard InChI is InChI=1S/C25H20S6.C3H8.C2H6/c1-4-16(26)22-14-12-20(18-8-6-10-28-18)31-25(14)23(17(5-2)27-3)15-13-21(30-24(15)22)19-9-7-11-29-19;1-3-2;1-2/h4-13,26H,1-3H3;3H2,1-2H3;1-2H3/b16-4-,17-5-;;. The van der Waals surface area contributed by atoms with Crippen molar-refractivity contribution in [3.8, 4) is 19.5 Å². The molecule has 0 spiro atoms. The van der Waals surface area contributed by atoms with E-state index in [1.807, 2.05) is 48.3 Å². The van der Waals surface area contributed by atoms with Crippen molar-refractivity contribution >= 4 is 99.7 Å². The average Bonchev–Trinajstić information content (AvgIpc) is 3.70. The van der Waals surface area contributed by atoms with Gasteiger partial charge in [-0.05, 0) is 55.1 Å². The van der Waals surface area contributed by atoms with Crippen LogP contribution >= 0.6 is 69.7 Å². The van der Waals surface area contributed by atoms with E-state index in [9.17, 15) is 0 Å². The van der Waals surface area contributed by atoms with Gasteiger partial charge in [0.15, 0.2) is 0 Å². The third-order valence-electron chi connectivity index (χ3n) is 5.24. The van der Waals surface area contributed by atoms with Crippen molar-refractivity contribution in [2.45, 2.75) is 48.0 Å². The summed E-state index contributed by atoms with van der Waals surface area (Å²) in [6, 6.07) is 13.5. The van der Waals surface area contributed by atoms with E-state index in [1.165, 1.54) is 62.1 Å². The van der Waals surface area contributed by atoms with E-state index < -0.39 is 0 Å². The van der Waals surface area contributed by atoms with Crippen LogP contribution in [0, 0.1) is 0 Å². The second kappa shape index (κ2) is 14.0. The zero-order valence-electron chi connectivity index (χ0n) is 22.0. The Morgan fingerprint density at radius 1 is 0.806 bits per heavy atom. The maximum absolute atomic E-state index is 4.93. The monoisotopic (exact) mass is 586 g/mol. The minimum atomic E-state index is 1.04. The average molecular weight is 587 g/mol. The lowest BCUT2D eigenvalue weighted by Gasteiger charge is -2.12. The van der Waals surface area contributed by atoms with Gasteiger partial charge in [-0.25, -0.2) is 0 Å². The van der Waals surface area contributed by atoms with Crippen LogP contribution in [0.1, 0.15) is 59.1 Å². The summed E-state index contributed by atoms with van der Waals surface area (Å²) in [6.45, 7) is 12.5. The number of benzene rings is 1. The fraction of sp³-hybridized carbons (Fsp3) is 0.267. The highest BCUT2D eigenvalue weighted by molar-refractivity contribution is 8.07. The molecule has 0 amide bonds. The van der Waals surface area contributed by atoms with Gasteiger partial charge in [-0.1, -0.05) is 58.4 Å². The third kappa shape index (κ3) is 5.90. The van der Waals surface area contributed by atoms with E-state index >= 15 is 0 Å². The van der Waals surface area contributed by atoms with Gasteiger partial charge in [0.25, 0.3) is 0 Å². The molecule has 36 heavy (non-hydrogen) atoms. The Hall–Kier alpha value is -1.28. The van der Waals surface area contributed by atoms with Crippen LogP contribution in [0.2, 0.25) is 0 Å². The summed E-state index contributed by atoms with van der Waals surface area (Å²) in [6.07, 6.45) is 7.80. The van der Waals surface area contributed by atoms with E-state index in [4.69, 9.17) is 12.6 Å². The van der Waals surface area contributed by atoms with Crippen LogP contribution in [-0.4, -0.2) is 6.26 Å². The maximum atomic E-state index is 4.93. The second-order valence-electron chi connectivity index (χ2n) is 7.65. The van der Waals surface area contributed by atoms with Crippen molar-refractivity contribution in [2.24, 2.45) is 0 Å². The number of thioether (sulfide) groups is 1. The van der Waals surface area contributed by atoms with Crippen molar-refractivity contribution in [2.75, 3.05) is 6.26 Å². The molecule has 0 N–H and O–H groups in total. The molecule has 5 rings (SSSR count). The summed E-state index contributed by atoms with van der Waals surface area (Å²) in [5.74, 6) is 0. The van der Waals surface area contributed by atoms with E-state index in [0.29, 0.717) is 0 Å². The van der Waals surface area contributed by atoms with Crippen molar-refractivity contribution in [1.82, 2.24) is 0 Å². The van der Waals surface area contributed by atoms with E-state index in [2.05, 4.69) is 93.3 Å². The van der Waals surface area contributed by atoms with Crippen LogP contribution < -0.4 is 0 Å². The maximum Gasteiger partial charge on any atom is 0.0455 e. The fourth-order valence-electron chi connectivity index (χ4n) is 3.86. The molecule has 4 heterocycles. The fourth-order valence-corrected chi connectivity index (χ4v) is 9.01. The molecule has 0 aliphatic heterocycles. The van der Waals surface area contributed by atoms with Crippen LogP contribution in [0.25, 0.3) is 49.5 Å². The first-order valence-electron chi connectivity index (χ1n) is 12.2. The minimum absolute atomic E-state index is 1.04. The molecule has 0 fully saturated rings. The highest BCUT2D eigenvalue weighted by Crippen LogP contribution is 2.51. The number of thiol groups is 1. The summed E-state index contributed by atoms with van der Waals surface area (Å²) < 4.78 is 2.69. The molecule has 190 valence electrons. The smallest absolute Gasteiger partial charge is 0.0455 e. The van der Waals surface area contributed by atoms with Gasteiger partial charge >= 0.3 is 0 Å². The quantitative estimate of drug-likeness (QED) is 0.200. The Morgan fingerprint density at radius 2 is 1.28 bits per heavy atom. The van der Waals surface area contributed by atoms with E-state index in [0.717, 1.165) is 4.91 Å². The lowest BCUT2D eigenvalue weighted by molar-refractivity contribution is 1.09. The highest BCUT2D eigenvalue weighted by Gasteiger charge is 2.23. The van der Waals surface area contributed by atoms with Gasteiger partial charge < -0.3 is 0 Å². The van der Waals surface area contributed by atoms with Crippen molar-refractivity contribution < 1.29 is 0 Å². The highest BCUT2D eigenvalue weighted by atomic mass is 32.2. The summed E-state index contributed by atoms with van der Waals surface area (Å²) in [7, 11) is 0. The zero-order valence-corrected chi connectivity index (χ0v) is 26.9. The van der Waals surface area contributed by atoms with Crippen molar-refractivity contribution in [3.63, 3.8) is 0 Å². The predicted octanol–water partition coefficient (Wildman–Crippen LogP) is 13.0. The van der Waals surface area contributed by atoms with Gasteiger partial charge in [-0.2, -0.15) is 0 Å². The first-order chi connectivity index (χ1) is 17.6. The van der Waals surface area contributed by atoms with Gasteiger partial charge in [0.2, 0.25) is 0 Å². The molecule has 0 aliphatic carbocycles. The number of allylic oxidation sites excluding steroid dienone is 2. The molecule has 4 aromatic heterocycles. The zero-order chi connectivity index (χ0) is 26.2. The molecule has 0 radical (unpaired) electrons. The third-order valence-corrected chi connectivity index (χ3v) is 11.0. The van der Waals surface area contributed by atoms with Crippen LogP contribution in [0.5, 0.6) is 0 Å². The first kappa shape index (κ1) is 29.3. The number of fused-ring (bicyclic) bond motifs is 2. The summed E-state index contributed by atoms with van der Waals surface area (Å²) in [4.78, 5) is 7.69. The van der Waals surface area contributed by atoms with Crippen LogP contribution in [0.4, 0.5) is 0 Å². The summed E-state index contributed by atoms with van der Waals surface area (Å²) in [5, 5.41) is 6.96. The molecule has 0 unspecified atom stereocenters. The number of thiophene rings is 4. The van der Waals surface area contributed by atoms with Gasteiger partial charge in [0, 0.05) is 60.6 Å². The summed E-state index contributed by atoms with van der Waals surface area (Å²) in [5.41, 5.74) is 2.64. The van der Waals surface area contributed by atoms with Crippen molar-refractivity contribution in [3.05, 3.63) is 70.4 Å². The topological polar surface area (TPSA) is 0 Å². The largest absolute Gasteiger partial charge is 0.143 e. The molecular formula is C30H34S6. The molecule has 0 saturated carbocycles. The molecule has 1 aromatic carbocycles. The van der Waals surface area contributed by atoms with Gasteiger partial charge in [-0.3, -0.25) is 0 Å². The number of hydrogen-bond donors (Lipinski definition) is 1. The van der Waals surface area contributed by atoms with Crippen molar-refractivity contribution in [1.29, 1.82) is 0 Å². The molecule has 6 heteroatoms. The van der Waals surface area contributed by atoms with Gasteiger partial charge in [0.1, 0.15) is 0 Å². The molecule has 5 aromatic rings. The molecule has 0 saturated heterocycles. The van der Waals surface area contributed by atoms with Gasteiger partial charge in [-0.15, -0.1) is 69.7 Å². The lowest BCUT2D eigenvalue weighted by atomic mass is 10.0. The van der Waals surface area contributed by atoms with Crippen LogP contribution in [0.3, 0.4) is 0 Å². The molecule has 0 nitrogen and oxygen atoms in total. The SMILES string of the molecule is C/C=C(\S)c1c2cc(-c3cccs3)sc2c(/C(=C/C)SC)c2cc(-c3cccs3)sc12.CC.CCC. The first-order valence-corrected chi connectivity index (χ1v) is 17.3. The normalized spacial score (nSPS) is 11.9. The molecule has 0 atom stereocenters. The predicted molar refractivity (Wildman–Crippen MR) is 181 cm³/mol. The Kier molecular flexibility index (Phi) is 11.4. The lowest BCUT2D eigenvalue weighted by Crippen LogP contribution is -1.87. The van der Waals surface area contributed by atoms with Gasteiger partial charge in [0.05, 0.1) is 0 Å². The molecular weight excluding hydrogens is 553 g/mol. The summed E-state index contributed by atoms with van der Waals surface area (Å²) >= 11 is 14.2. The Balaban J connectivity index is 0.000000674. The Labute approximate surface area is 242 Å². The van der Waals surface area contributed by atoms with E-state index in [1.54, 1.807) is 22.7 Å². The Bertz CT molecular complexity index is 1350.